The molecule has 0 aliphatic carbocycles. The molecule has 2 aliphatic rings. The Kier molecular flexibility index (Phi) is 7.96. The molecule has 1 aromatic carbocycles. The van der Waals surface area contributed by atoms with Crippen molar-refractivity contribution >= 4 is 30.5 Å². The maximum absolute atomic E-state index is 12.6. The number of piperazine rings is 1. The van der Waals surface area contributed by atoms with Gasteiger partial charge in [-0.15, -0.1) is 24.8 Å². The fourth-order valence-corrected chi connectivity index (χ4v) is 4.14. The molecule has 1 atom stereocenters. The molecule has 2 aromatic rings. The van der Waals surface area contributed by atoms with E-state index in [2.05, 4.69) is 58.0 Å². The first-order valence-corrected chi connectivity index (χ1v) is 9.59. The molecule has 2 aliphatic heterocycles. The second kappa shape index (κ2) is 9.79. The van der Waals surface area contributed by atoms with Gasteiger partial charge in [-0.2, -0.15) is 0 Å². The smallest absolute Gasteiger partial charge is 0.253 e. The van der Waals surface area contributed by atoms with Crippen LogP contribution in [0.4, 0.5) is 5.69 Å². The summed E-state index contributed by atoms with van der Waals surface area (Å²) in [5, 5.41) is 0. The molecule has 0 bridgehead atoms. The van der Waals surface area contributed by atoms with Gasteiger partial charge < -0.3 is 14.8 Å². The van der Waals surface area contributed by atoms with Crippen LogP contribution in [0.1, 0.15) is 24.4 Å². The first kappa shape index (κ1) is 22.8. The zero-order valence-electron chi connectivity index (χ0n) is 16.6. The predicted octanol–water partition coefficient (Wildman–Crippen LogP) is 3.40. The molecule has 1 N–H and O–H groups in total. The summed E-state index contributed by atoms with van der Waals surface area (Å²) in [6.07, 6.45) is 2.23. The van der Waals surface area contributed by atoms with Crippen LogP contribution in [0.3, 0.4) is 0 Å². The first-order valence-electron chi connectivity index (χ1n) is 9.59. The van der Waals surface area contributed by atoms with Gasteiger partial charge in [-0.3, -0.25) is 9.69 Å². The Morgan fingerprint density at radius 2 is 1.57 bits per heavy atom. The van der Waals surface area contributed by atoms with Crippen molar-refractivity contribution in [2.75, 3.05) is 51.7 Å². The molecule has 5 nitrogen and oxygen atoms in total. The molecule has 0 unspecified atom stereocenters. The SMILES string of the molecule is CN1CCN(c2ccc(-c3ccc([C@@H]4CCCN4C)c(=O)[nH]3)cc2)CC1.Cl.Cl. The van der Waals surface area contributed by atoms with E-state index in [1.165, 1.54) is 5.69 Å². The molecule has 154 valence electrons. The average molecular weight is 425 g/mol. The minimum absolute atomic E-state index is 0. The Morgan fingerprint density at radius 3 is 2.14 bits per heavy atom. The van der Waals surface area contributed by atoms with E-state index in [9.17, 15) is 4.79 Å². The van der Waals surface area contributed by atoms with Crippen LogP contribution in [0.25, 0.3) is 11.3 Å². The van der Waals surface area contributed by atoms with Crippen molar-refractivity contribution in [2.45, 2.75) is 18.9 Å². The molecule has 0 amide bonds. The number of aromatic nitrogens is 1. The molecule has 0 saturated carbocycles. The van der Waals surface area contributed by atoms with Gasteiger partial charge in [0.05, 0.1) is 0 Å². The van der Waals surface area contributed by atoms with Crippen LogP contribution in [-0.2, 0) is 0 Å². The number of rotatable bonds is 3. The number of nitrogens with zero attached hydrogens (tertiary/aromatic N) is 3. The van der Waals surface area contributed by atoms with E-state index in [1.54, 1.807) is 0 Å². The van der Waals surface area contributed by atoms with Crippen molar-refractivity contribution in [1.29, 1.82) is 0 Å². The van der Waals surface area contributed by atoms with E-state index in [1.807, 2.05) is 12.1 Å². The number of hydrogen-bond acceptors (Lipinski definition) is 4. The highest BCUT2D eigenvalue weighted by atomic mass is 35.5. The highest BCUT2D eigenvalue weighted by Gasteiger charge is 2.24. The summed E-state index contributed by atoms with van der Waals surface area (Å²) in [6.45, 7) is 5.41. The minimum atomic E-state index is 0. The van der Waals surface area contributed by atoms with Crippen molar-refractivity contribution in [3.8, 4) is 11.3 Å². The summed E-state index contributed by atoms with van der Waals surface area (Å²) in [5.41, 5.74) is 4.15. The third-order valence-corrected chi connectivity index (χ3v) is 5.87. The van der Waals surface area contributed by atoms with Gasteiger partial charge in [0.25, 0.3) is 5.56 Å². The Hall–Kier alpha value is -1.53. The molecular weight excluding hydrogens is 395 g/mol. The number of halogens is 2. The maximum atomic E-state index is 12.6. The minimum Gasteiger partial charge on any atom is -0.369 e. The van der Waals surface area contributed by atoms with Crippen molar-refractivity contribution < 1.29 is 0 Å². The first-order chi connectivity index (χ1) is 12.6. The maximum Gasteiger partial charge on any atom is 0.253 e. The number of benzene rings is 1. The van der Waals surface area contributed by atoms with Crippen molar-refractivity contribution in [3.63, 3.8) is 0 Å². The van der Waals surface area contributed by atoms with Crippen LogP contribution in [0, 0.1) is 0 Å². The topological polar surface area (TPSA) is 42.6 Å². The fourth-order valence-electron chi connectivity index (χ4n) is 4.14. The number of H-pyrrole nitrogens is 1. The van der Waals surface area contributed by atoms with Gasteiger partial charge in [-0.05, 0) is 63.3 Å². The van der Waals surface area contributed by atoms with Crippen LogP contribution in [0.2, 0.25) is 0 Å². The third-order valence-electron chi connectivity index (χ3n) is 5.87. The normalized spacial score (nSPS) is 20.5. The third kappa shape index (κ3) is 4.71. The molecule has 2 fully saturated rings. The molecule has 0 spiro atoms. The predicted molar refractivity (Wildman–Crippen MR) is 121 cm³/mol. The van der Waals surface area contributed by atoms with Crippen molar-refractivity contribution in [1.82, 2.24) is 14.8 Å². The van der Waals surface area contributed by atoms with E-state index < -0.39 is 0 Å². The van der Waals surface area contributed by atoms with E-state index in [0.717, 1.165) is 62.4 Å². The number of hydrogen-bond donors (Lipinski definition) is 1. The highest BCUT2D eigenvalue weighted by molar-refractivity contribution is 5.85. The molecule has 7 heteroatoms. The molecule has 3 heterocycles. The second-order valence-electron chi connectivity index (χ2n) is 7.63. The zero-order valence-corrected chi connectivity index (χ0v) is 18.2. The van der Waals surface area contributed by atoms with Gasteiger partial charge in [0, 0.05) is 49.2 Å². The lowest BCUT2D eigenvalue weighted by atomic mass is 10.0. The molecule has 0 radical (unpaired) electrons. The summed E-state index contributed by atoms with van der Waals surface area (Å²) >= 11 is 0. The van der Waals surface area contributed by atoms with E-state index in [-0.39, 0.29) is 36.4 Å². The van der Waals surface area contributed by atoms with E-state index in [4.69, 9.17) is 0 Å². The summed E-state index contributed by atoms with van der Waals surface area (Å²) in [7, 11) is 4.27. The van der Waals surface area contributed by atoms with E-state index in [0.29, 0.717) is 0 Å². The van der Waals surface area contributed by atoms with Crippen LogP contribution in [0.5, 0.6) is 0 Å². The molecule has 2 saturated heterocycles. The van der Waals surface area contributed by atoms with E-state index >= 15 is 0 Å². The Morgan fingerprint density at radius 1 is 0.893 bits per heavy atom. The standard InChI is InChI=1S/C21H28N4O.2ClH/c1-23-12-14-25(15-13-23)17-7-5-16(6-8-17)19-10-9-18(21(26)22-19)20-4-3-11-24(20)2;;/h5-10,20H,3-4,11-15H2,1-2H3,(H,22,26);2*1H/t20-;;/m0../s1. The molecule has 28 heavy (non-hydrogen) atoms. The highest BCUT2D eigenvalue weighted by Crippen LogP contribution is 2.29. The number of likely N-dealkylation sites (N-methyl/N-ethyl adjacent to an activating group) is 1. The number of aromatic amines is 1. The lowest BCUT2D eigenvalue weighted by molar-refractivity contribution is 0.313. The van der Waals surface area contributed by atoms with Crippen molar-refractivity contribution in [3.05, 3.63) is 52.3 Å². The van der Waals surface area contributed by atoms with Gasteiger partial charge in [-0.25, -0.2) is 0 Å². The van der Waals surface area contributed by atoms with Crippen molar-refractivity contribution in [2.24, 2.45) is 0 Å². The van der Waals surface area contributed by atoms with Gasteiger partial charge >= 0.3 is 0 Å². The quantitative estimate of drug-likeness (QED) is 0.819. The summed E-state index contributed by atoms with van der Waals surface area (Å²) < 4.78 is 0. The number of pyridine rings is 1. The van der Waals surface area contributed by atoms with Gasteiger partial charge in [0.1, 0.15) is 0 Å². The molecular formula is C21H30Cl2N4O. The lowest BCUT2D eigenvalue weighted by Gasteiger charge is -2.34. The van der Waals surface area contributed by atoms with Gasteiger partial charge in [0.15, 0.2) is 0 Å². The van der Waals surface area contributed by atoms with Crippen LogP contribution in [0.15, 0.2) is 41.2 Å². The molecule has 1 aromatic heterocycles. The summed E-state index contributed by atoms with van der Waals surface area (Å²) in [4.78, 5) is 22.7. The monoisotopic (exact) mass is 424 g/mol. The van der Waals surface area contributed by atoms with Gasteiger partial charge in [0.2, 0.25) is 0 Å². The second-order valence-corrected chi connectivity index (χ2v) is 7.63. The van der Waals surface area contributed by atoms with Crippen LogP contribution >= 0.6 is 24.8 Å². The Bertz CT molecular complexity index is 816. The average Bonchev–Trinajstić information content (AvgIpc) is 3.08. The zero-order chi connectivity index (χ0) is 18.1. The van der Waals surface area contributed by atoms with Gasteiger partial charge in [-0.1, -0.05) is 12.1 Å². The number of likely N-dealkylation sites (tertiary alicyclic amines) is 1. The lowest BCUT2D eigenvalue weighted by Crippen LogP contribution is -2.44. The number of anilines is 1. The van der Waals surface area contributed by atoms with Crippen LogP contribution in [-0.4, -0.2) is 61.6 Å². The molecule has 4 rings (SSSR count). The van der Waals surface area contributed by atoms with Crippen LogP contribution < -0.4 is 10.5 Å². The number of nitrogens with one attached hydrogen (secondary N) is 1. The fraction of sp³-hybridized carbons (Fsp3) is 0.476. The Labute approximate surface area is 179 Å². The largest absolute Gasteiger partial charge is 0.369 e. The summed E-state index contributed by atoms with van der Waals surface area (Å²) in [5.74, 6) is 0. The Balaban J connectivity index is 0.00000140. The summed E-state index contributed by atoms with van der Waals surface area (Å²) in [6, 6.07) is 12.9.